The molecule has 15 heavy (non-hydrogen) atoms. The standard InChI is InChI=1S/C12H18FNO/c1-9(2)11(14-3)8-15-12-7-5-4-6-10(12)13/h4-7,9,11,14H,8H2,1-3H3. The zero-order valence-electron chi connectivity index (χ0n) is 9.46. The first-order valence-electron chi connectivity index (χ1n) is 5.19. The van der Waals surface area contributed by atoms with Crippen molar-refractivity contribution in [1.29, 1.82) is 0 Å². The van der Waals surface area contributed by atoms with E-state index in [9.17, 15) is 4.39 Å². The molecule has 84 valence electrons. The Morgan fingerprint density at radius 1 is 1.33 bits per heavy atom. The maximum Gasteiger partial charge on any atom is 0.165 e. The third-order valence-corrected chi connectivity index (χ3v) is 2.43. The quantitative estimate of drug-likeness (QED) is 0.807. The van der Waals surface area contributed by atoms with Gasteiger partial charge in [0, 0.05) is 6.04 Å². The van der Waals surface area contributed by atoms with E-state index in [0.29, 0.717) is 18.3 Å². The maximum absolute atomic E-state index is 13.2. The van der Waals surface area contributed by atoms with E-state index in [1.54, 1.807) is 18.2 Å². The highest BCUT2D eigenvalue weighted by Crippen LogP contribution is 2.16. The van der Waals surface area contributed by atoms with Crippen molar-refractivity contribution in [2.24, 2.45) is 5.92 Å². The van der Waals surface area contributed by atoms with Crippen LogP contribution in [0.15, 0.2) is 24.3 Å². The maximum atomic E-state index is 13.2. The van der Waals surface area contributed by atoms with Crippen LogP contribution >= 0.6 is 0 Å². The van der Waals surface area contributed by atoms with E-state index in [1.807, 2.05) is 7.05 Å². The molecule has 0 amide bonds. The van der Waals surface area contributed by atoms with Crippen molar-refractivity contribution in [3.05, 3.63) is 30.1 Å². The fraction of sp³-hybridized carbons (Fsp3) is 0.500. The summed E-state index contributed by atoms with van der Waals surface area (Å²) in [4.78, 5) is 0. The Bertz CT molecular complexity index is 301. The number of benzene rings is 1. The van der Waals surface area contributed by atoms with Crippen molar-refractivity contribution < 1.29 is 9.13 Å². The van der Waals surface area contributed by atoms with Crippen LogP contribution in [0.3, 0.4) is 0 Å². The molecule has 3 heteroatoms. The Labute approximate surface area is 90.4 Å². The molecule has 0 aromatic heterocycles. The van der Waals surface area contributed by atoms with Crippen LogP contribution in [-0.4, -0.2) is 19.7 Å². The van der Waals surface area contributed by atoms with Crippen LogP contribution in [0.4, 0.5) is 4.39 Å². The third-order valence-electron chi connectivity index (χ3n) is 2.43. The van der Waals surface area contributed by atoms with Gasteiger partial charge in [-0.1, -0.05) is 26.0 Å². The van der Waals surface area contributed by atoms with Crippen LogP contribution in [-0.2, 0) is 0 Å². The number of nitrogens with one attached hydrogen (secondary N) is 1. The summed E-state index contributed by atoms with van der Waals surface area (Å²) in [6.07, 6.45) is 0. The molecule has 0 saturated heterocycles. The second-order valence-corrected chi connectivity index (χ2v) is 3.88. The highest BCUT2D eigenvalue weighted by molar-refractivity contribution is 5.23. The minimum Gasteiger partial charge on any atom is -0.489 e. The lowest BCUT2D eigenvalue weighted by molar-refractivity contribution is 0.230. The number of halogens is 1. The van der Waals surface area contributed by atoms with E-state index in [2.05, 4.69) is 19.2 Å². The molecular formula is C12H18FNO. The van der Waals surface area contributed by atoms with Crippen molar-refractivity contribution in [2.75, 3.05) is 13.7 Å². The van der Waals surface area contributed by atoms with Crippen LogP contribution in [0.25, 0.3) is 0 Å². The number of ether oxygens (including phenoxy) is 1. The molecule has 0 heterocycles. The molecule has 0 radical (unpaired) electrons. The largest absolute Gasteiger partial charge is 0.489 e. The molecule has 1 aromatic carbocycles. The molecular weight excluding hydrogens is 193 g/mol. The van der Waals surface area contributed by atoms with E-state index in [4.69, 9.17) is 4.74 Å². The van der Waals surface area contributed by atoms with Gasteiger partial charge in [0.15, 0.2) is 11.6 Å². The van der Waals surface area contributed by atoms with Gasteiger partial charge in [0.05, 0.1) is 0 Å². The van der Waals surface area contributed by atoms with Gasteiger partial charge < -0.3 is 10.1 Å². The van der Waals surface area contributed by atoms with Gasteiger partial charge in [-0.2, -0.15) is 0 Å². The van der Waals surface area contributed by atoms with Gasteiger partial charge >= 0.3 is 0 Å². The minimum atomic E-state index is -0.309. The van der Waals surface area contributed by atoms with Crippen molar-refractivity contribution >= 4 is 0 Å². The van der Waals surface area contributed by atoms with Gasteiger partial charge in [0.2, 0.25) is 0 Å². The molecule has 0 aliphatic rings. The number of rotatable bonds is 5. The monoisotopic (exact) mass is 211 g/mol. The summed E-state index contributed by atoms with van der Waals surface area (Å²) in [5, 5.41) is 3.14. The molecule has 0 bridgehead atoms. The summed E-state index contributed by atoms with van der Waals surface area (Å²) in [5.74, 6) is 0.469. The van der Waals surface area contributed by atoms with Gasteiger partial charge in [-0.25, -0.2) is 4.39 Å². The van der Waals surface area contributed by atoms with Gasteiger partial charge in [0.25, 0.3) is 0 Å². The Morgan fingerprint density at radius 2 is 2.00 bits per heavy atom. The molecule has 0 fully saturated rings. The summed E-state index contributed by atoms with van der Waals surface area (Å²) < 4.78 is 18.6. The number of hydrogen-bond acceptors (Lipinski definition) is 2. The average molecular weight is 211 g/mol. The van der Waals surface area contributed by atoms with Crippen LogP contribution in [0.1, 0.15) is 13.8 Å². The molecule has 1 atom stereocenters. The average Bonchev–Trinajstić information content (AvgIpc) is 2.21. The highest BCUT2D eigenvalue weighted by atomic mass is 19.1. The van der Waals surface area contributed by atoms with E-state index >= 15 is 0 Å². The second-order valence-electron chi connectivity index (χ2n) is 3.88. The van der Waals surface area contributed by atoms with Crippen LogP contribution in [0.5, 0.6) is 5.75 Å². The predicted octanol–water partition coefficient (Wildman–Crippen LogP) is 2.45. The van der Waals surface area contributed by atoms with Crippen LogP contribution < -0.4 is 10.1 Å². The SMILES string of the molecule is CNC(COc1ccccc1F)C(C)C. The molecule has 0 saturated carbocycles. The third kappa shape index (κ3) is 3.51. The summed E-state index contributed by atoms with van der Waals surface area (Å²) in [5.41, 5.74) is 0. The first-order valence-corrected chi connectivity index (χ1v) is 5.19. The van der Waals surface area contributed by atoms with E-state index in [0.717, 1.165) is 0 Å². The number of para-hydroxylation sites is 1. The Hall–Kier alpha value is -1.09. The number of likely N-dealkylation sites (N-methyl/N-ethyl adjacent to an activating group) is 1. The predicted molar refractivity (Wildman–Crippen MR) is 59.6 cm³/mol. The van der Waals surface area contributed by atoms with Gasteiger partial charge in [0.1, 0.15) is 6.61 Å². The van der Waals surface area contributed by atoms with E-state index < -0.39 is 0 Å². The fourth-order valence-corrected chi connectivity index (χ4v) is 1.35. The van der Waals surface area contributed by atoms with Gasteiger partial charge in [-0.15, -0.1) is 0 Å². The van der Waals surface area contributed by atoms with Crippen molar-refractivity contribution in [3.63, 3.8) is 0 Å². The molecule has 0 spiro atoms. The van der Waals surface area contributed by atoms with Crippen molar-refractivity contribution in [3.8, 4) is 5.75 Å². The molecule has 0 aliphatic carbocycles. The molecule has 1 unspecified atom stereocenters. The smallest absolute Gasteiger partial charge is 0.165 e. The fourth-order valence-electron chi connectivity index (χ4n) is 1.35. The van der Waals surface area contributed by atoms with Crippen LogP contribution in [0.2, 0.25) is 0 Å². The lowest BCUT2D eigenvalue weighted by atomic mass is 10.1. The molecule has 1 N–H and O–H groups in total. The molecule has 1 rings (SSSR count). The zero-order chi connectivity index (χ0) is 11.3. The lowest BCUT2D eigenvalue weighted by Gasteiger charge is -2.20. The number of hydrogen-bond donors (Lipinski definition) is 1. The zero-order valence-corrected chi connectivity index (χ0v) is 9.46. The van der Waals surface area contributed by atoms with Crippen LogP contribution in [0, 0.1) is 11.7 Å². The Morgan fingerprint density at radius 3 is 2.53 bits per heavy atom. The topological polar surface area (TPSA) is 21.3 Å². The summed E-state index contributed by atoms with van der Waals surface area (Å²) >= 11 is 0. The summed E-state index contributed by atoms with van der Waals surface area (Å²) in [7, 11) is 1.88. The van der Waals surface area contributed by atoms with Crippen molar-refractivity contribution in [2.45, 2.75) is 19.9 Å². The lowest BCUT2D eigenvalue weighted by Crippen LogP contribution is -2.36. The second kappa shape index (κ2) is 5.71. The molecule has 1 aromatic rings. The highest BCUT2D eigenvalue weighted by Gasteiger charge is 2.12. The Balaban J connectivity index is 2.53. The summed E-state index contributed by atoms with van der Waals surface area (Å²) in [6.45, 7) is 4.69. The first kappa shape index (κ1) is 12.0. The minimum absolute atomic E-state index is 0.240. The van der Waals surface area contributed by atoms with Gasteiger partial charge in [-0.3, -0.25) is 0 Å². The van der Waals surface area contributed by atoms with Gasteiger partial charge in [-0.05, 0) is 25.1 Å². The summed E-state index contributed by atoms with van der Waals surface area (Å²) in [6, 6.07) is 6.70. The molecule has 0 aliphatic heterocycles. The van der Waals surface area contributed by atoms with Crippen molar-refractivity contribution in [1.82, 2.24) is 5.32 Å². The first-order chi connectivity index (χ1) is 7.15. The Kier molecular flexibility index (Phi) is 4.56. The van der Waals surface area contributed by atoms with E-state index in [1.165, 1.54) is 6.07 Å². The van der Waals surface area contributed by atoms with E-state index in [-0.39, 0.29) is 11.9 Å². The molecule has 2 nitrogen and oxygen atoms in total. The normalized spacial score (nSPS) is 12.9.